The van der Waals surface area contributed by atoms with Crippen molar-refractivity contribution in [2.45, 2.75) is 57.2 Å². The second-order valence-corrected chi connectivity index (χ2v) is 10.6. The Hall–Kier alpha value is -3.06. The van der Waals surface area contributed by atoms with E-state index in [0.29, 0.717) is 28.9 Å². The molecule has 0 amide bonds. The Balaban J connectivity index is 1.32. The van der Waals surface area contributed by atoms with Crippen molar-refractivity contribution in [3.63, 3.8) is 0 Å². The van der Waals surface area contributed by atoms with Gasteiger partial charge in [0.15, 0.2) is 6.61 Å². The van der Waals surface area contributed by atoms with Gasteiger partial charge in [-0.1, -0.05) is 24.3 Å². The molecule has 4 aliphatic carbocycles. The van der Waals surface area contributed by atoms with Gasteiger partial charge in [0.2, 0.25) is 0 Å². The minimum Gasteiger partial charge on any atom is -0.496 e. The van der Waals surface area contributed by atoms with E-state index < -0.39 is 11.4 Å². The van der Waals surface area contributed by atoms with Crippen molar-refractivity contribution in [1.29, 1.82) is 0 Å². The summed E-state index contributed by atoms with van der Waals surface area (Å²) in [7, 11) is 1.56. The number of aliphatic carboxylic acids is 1. The van der Waals surface area contributed by atoms with Crippen LogP contribution in [0.4, 0.5) is 0 Å². The lowest BCUT2D eigenvalue weighted by atomic mass is 9.43. The van der Waals surface area contributed by atoms with Gasteiger partial charge in [0.1, 0.15) is 18.1 Å². The fourth-order valence-electron chi connectivity index (χ4n) is 7.20. The third-order valence-electron chi connectivity index (χ3n) is 8.21. The smallest absolute Gasteiger partial charge is 0.341 e. The van der Waals surface area contributed by atoms with E-state index in [2.05, 4.69) is 0 Å². The number of carbonyl (C=O) groups is 2. The lowest BCUT2D eigenvalue weighted by molar-refractivity contribution is -0.175. The van der Waals surface area contributed by atoms with Crippen molar-refractivity contribution in [3.8, 4) is 11.5 Å². The zero-order chi connectivity index (χ0) is 24.6. The van der Waals surface area contributed by atoms with Crippen molar-refractivity contribution in [1.82, 2.24) is 0 Å². The maximum absolute atomic E-state index is 13.6. The van der Waals surface area contributed by atoms with Crippen LogP contribution in [-0.2, 0) is 33.0 Å². The molecule has 4 aliphatic rings. The second-order valence-electron chi connectivity index (χ2n) is 10.6. The average molecular weight is 481 g/mol. The van der Waals surface area contributed by atoms with Crippen LogP contribution in [0.5, 0.6) is 11.5 Å². The maximum Gasteiger partial charge on any atom is 0.341 e. The summed E-state index contributed by atoms with van der Waals surface area (Å²) >= 11 is 0. The van der Waals surface area contributed by atoms with Crippen LogP contribution in [-0.4, -0.2) is 35.9 Å². The molecular weight excluding hydrogens is 448 g/mol. The molecule has 0 saturated heterocycles. The highest BCUT2D eigenvalue weighted by atomic mass is 16.5. The van der Waals surface area contributed by atoms with E-state index >= 15 is 0 Å². The number of esters is 1. The van der Waals surface area contributed by atoms with E-state index in [4.69, 9.17) is 19.3 Å². The Kier molecular flexibility index (Phi) is 6.21. The molecule has 7 nitrogen and oxygen atoms in total. The molecule has 4 fully saturated rings. The van der Waals surface area contributed by atoms with Gasteiger partial charge < -0.3 is 24.4 Å². The molecule has 2 aromatic carbocycles. The van der Waals surface area contributed by atoms with Gasteiger partial charge in [-0.3, -0.25) is 4.79 Å². The Labute approximate surface area is 205 Å². The van der Waals surface area contributed by atoms with Crippen molar-refractivity contribution in [3.05, 3.63) is 59.2 Å². The molecule has 2 atom stereocenters. The average Bonchev–Trinajstić information content (AvgIpc) is 2.85. The number of methoxy groups -OCH3 is 1. The number of aliphatic hydroxyl groups excluding tert-OH is 1. The standard InChI is InChI=1S/C28H32O7/c1-33-24-9-18(2-3-21(24)14-29)15-35-26(32)28-12-19-8-20(13-28)11-27(10-19,17-28)22-4-6-23(7-5-22)34-16-25(30)31/h2-7,9,19-20,29H,8,10-17H2,1H3,(H,30,31). The zero-order valence-corrected chi connectivity index (χ0v) is 20.0. The fraction of sp³-hybridized carbons (Fsp3) is 0.500. The van der Waals surface area contributed by atoms with E-state index in [-0.39, 0.29) is 31.2 Å². The Bertz CT molecular complexity index is 1090. The lowest BCUT2D eigenvalue weighted by Gasteiger charge is -2.61. The molecule has 6 rings (SSSR count). The van der Waals surface area contributed by atoms with E-state index in [9.17, 15) is 14.7 Å². The molecule has 0 heterocycles. The molecule has 7 heteroatoms. The van der Waals surface area contributed by atoms with Crippen molar-refractivity contribution >= 4 is 11.9 Å². The quantitative estimate of drug-likeness (QED) is 0.518. The molecule has 4 saturated carbocycles. The van der Waals surface area contributed by atoms with E-state index in [1.165, 1.54) is 12.0 Å². The topological polar surface area (TPSA) is 102 Å². The molecule has 2 N–H and O–H groups in total. The number of hydrogen-bond donors (Lipinski definition) is 2. The van der Waals surface area contributed by atoms with Gasteiger partial charge in [-0.05, 0) is 85.1 Å². The Morgan fingerprint density at radius 3 is 2.37 bits per heavy atom. The zero-order valence-electron chi connectivity index (χ0n) is 20.0. The van der Waals surface area contributed by atoms with Crippen LogP contribution in [0.3, 0.4) is 0 Å². The number of rotatable bonds is 9. The van der Waals surface area contributed by atoms with Crippen LogP contribution in [0.2, 0.25) is 0 Å². The number of aliphatic hydroxyl groups is 1. The Morgan fingerprint density at radius 2 is 1.74 bits per heavy atom. The van der Waals surface area contributed by atoms with Crippen molar-refractivity contribution in [2.75, 3.05) is 13.7 Å². The van der Waals surface area contributed by atoms with Gasteiger partial charge in [-0.2, -0.15) is 0 Å². The summed E-state index contributed by atoms with van der Waals surface area (Å²) in [5.41, 5.74) is 2.22. The first-order chi connectivity index (χ1) is 16.8. The molecule has 0 aliphatic heterocycles. The summed E-state index contributed by atoms with van der Waals surface area (Å²) in [4.78, 5) is 24.3. The molecule has 2 unspecified atom stereocenters. The fourth-order valence-corrected chi connectivity index (χ4v) is 7.20. The second kappa shape index (κ2) is 9.19. The van der Waals surface area contributed by atoms with Crippen LogP contribution in [0.25, 0.3) is 0 Å². The van der Waals surface area contributed by atoms with Gasteiger partial charge in [-0.25, -0.2) is 4.79 Å². The summed E-state index contributed by atoms with van der Waals surface area (Å²) in [5.74, 6) is 1.04. The molecule has 0 aromatic heterocycles. The Morgan fingerprint density at radius 1 is 1.03 bits per heavy atom. The van der Waals surface area contributed by atoms with Crippen LogP contribution in [0.15, 0.2) is 42.5 Å². The van der Waals surface area contributed by atoms with Crippen molar-refractivity contribution < 1.29 is 34.0 Å². The first kappa shape index (κ1) is 23.7. The number of carbonyl (C=O) groups excluding carboxylic acids is 1. The highest BCUT2D eigenvalue weighted by molar-refractivity contribution is 5.78. The molecule has 186 valence electrons. The van der Waals surface area contributed by atoms with Gasteiger partial charge >= 0.3 is 11.9 Å². The van der Waals surface area contributed by atoms with E-state index in [1.54, 1.807) is 13.2 Å². The van der Waals surface area contributed by atoms with Gasteiger partial charge in [0.25, 0.3) is 0 Å². The normalized spacial score (nSPS) is 28.5. The largest absolute Gasteiger partial charge is 0.496 e. The predicted octanol–water partition coefficient (Wildman–Crippen LogP) is 4.23. The third-order valence-corrected chi connectivity index (χ3v) is 8.21. The molecule has 35 heavy (non-hydrogen) atoms. The van der Waals surface area contributed by atoms with E-state index in [1.807, 2.05) is 36.4 Å². The highest BCUT2D eigenvalue weighted by Gasteiger charge is 2.61. The molecule has 2 aromatic rings. The summed E-state index contributed by atoms with van der Waals surface area (Å²) in [6.07, 6.45) is 5.89. The summed E-state index contributed by atoms with van der Waals surface area (Å²) < 4.78 is 16.6. The number of carboxylic acids is 1. The summed E-state index contributed by atoms with van der Waals surface area (Å²) in [5, 5.41) is 18.3. The minimum absolute atomic E-state index is 0.0551. The number of carboxylic acid groups (broad SMARTS) is 1. The van der Waals surface area contributed by atoms with Gasteiger partial charge in [0.05, 0.1) is 19.1 Å². The van der Waals surface area contributed by atoms with Crippen LogP contribution >= 0.6 is 0 Å². The number of hydrogen-bond acceptors (Lipinski definition) is 6. The predicted molar refractivity (Wildman–Crippen MR) is 127 cm³/mol. The monoisotopic (exact) mass is 480 g/mol. The lowest BCUT2D eigenvalue weighted by Crippen LogP contribution is -2.57. The third kappa shape index (κ3) is 4.49. The summed E-state index contributed by atoms with van der Waals surface area (Å²) in [6.45, 7) is -0.289. The molecule has 0 spiro atoms. The number of benzene rings is 2. The maximum atomic E-state index is 13.6. The van der Waals surface area contributed by atoms with Crippen LogP contribution in [0, 0.1) is 17.3 Å². The van der Waals surface area contributed by atoms with Gasteiger partial charge in [0, 0.05) is 5.56 Å². The van der Waals surface area contributed by atoms with Crippen LogP contribution in [0.1, 0.15) is 55.2 Å². The SMILES string of the molecule is COc1cc(COC(=O)C23CC4CC(C2)CC(c2ccc(OCC(=O)O)cc2)(C4)C3)ccc1CO. The number of ether oxygens (including phenoxy) is 3. The van der Waals surface area contributed by atoms with Crippen LogP contribution < -0.4 is 9.47 Å². The molecule has 4 bridgehead atoms. The van der Waals surface area contributed by atoms with Crippen molar-refractivity contribution in [2.24, 2.45) is 17.3 Å². The first-order valence-electron chi connectivity index (χ1n) is 12.2. The highest BCUT2D eigenvalue weighted by Crippen LogP contribution is 2.66. The van der Waals surface area contributed by atoms with E-state index in [0.717, 1.165) is 37.7 Å². The van der Waals surface area contributed by atoms with Gasteiger partial charge in [-0.15, -0.1) is 0 Å². The summed E-state index contributed by atoms with van der Waals surface area (Å²) in [6, 6.07) is 13.2. The first-order valence-corrected chi connectivity index (χ1v) is 12.2. The minimum atomic E-state index is -1.00. The molecule has 0 radical (unpaired) electrons. The molecular formula is C28H32O7.